The van der Waals surface area contributed by atoms with Crippen molar-refractivity contribution >= 4 is 29.0 Å². The fraction of sp³-hybridized carbons (Fsp3) is 0.207. The molecule has 2 heterocycles. The van der Waals surface area contributed by atoms with Gasteiger partial charge in [0.15, 0.2) is 12.0 Å². The number of anilines is 1. The smallest absolute Gasteiger partial charge is 0.238 e. The van der Waals surface area contributed by atoms with Crippen molar-refractivity contribution in [1.29, 1.82) is 0 Å². The number of benzene rings is 2. The normalized spacial score (nSPS) is 13.7. The van der Waals surface area contributed by atoms with E-state index >= 15 is 0 Å². The van der Waals surface area contributed by atoms with Crippen molar-refractivity contribution in [2.75, 3.05) is 5.32 Å². The molecule has 8 heteroatoms. The molecule has 1 aliphatic carbocycles. The predicted octanol–water partition coefficient (Wildman–Crippen LogP) is 5.82. The molecular formula is C29H25ClN4O3. The number of carbonyl (C=O) groups is 2. The first-order valence-electron chi connectivity index (χ1n) is 12.1. The van der Waals surface area contributed by atoms with E-state index in [1.807, 2.05) is 12.1 Å². The van der Waals surface area contributed by atoms with Gasteiger partial charge in [-0.3, -0.25) is 19.6 Å². The van der Waals surface area contributed by atoms with Crippen molar-refractivity contribution in [2.45, 2.75) is 32.1 Å². The Labute approximate surface area is 219 Å². The number of amides is 1. The van der Waals surface area contributed by atoms with Gasteiger partial charge in [0.2, 0.25) is 11.6 Å². The lowest BCUT2D eigenvalue weighted by molar-refractivity contribution is -0.614. The van der Waals surface area contributed by atoms with Gasteiger partial charge in [-0.05, 0) is 67.3 Å². The molecule has 0 radical (unpaired) electrons. The van der Waals surface area contributed by atoms with Crippen LogP contribution in [0.15, 0.2) is 79.4 Å². The number of nitrogens with one attached hydrogen (secondary N) is 1. The second kappa shape index (κ2) is 10.5. The van der Waals surface area contributed by atoms with Gasteiger partial charge in [0.25, 0.3) is 0 Å². The molecule has 7 nitrogen and oxygen atoms in total. The zero-order chi connectivity index (χ0) is 25.9. The van der Waals surface area contributed by atoms with Gasteiger partial charge < -0.3 is 10.5 Å². The molecule has 1 aliphatic rings. The van der Waals surface area contributed by atoms with Crippen molar-refractivity contribution in [2.24, 2.45) is 5.92 Å². The SMILES string of the molecule is CC(=O)c1ccc(NC(=O)C(CC2CC2)c2ccc(-c3cc(Cl)ccc3-c3cnccn3)c[n+]2[O-])cc1. The van der Waals surface area contributed by atoms with Crippen molar-refractivity contribution in [3.63, 3.8) is 0 Å². The number of ketones is 1. The Morgan fingerprint density at radius 3 is 2.51 bits per heavy atom. The highest BCUT2D eigenvalue weighted by Gasteiger charge is 2.35. The van der Waals surface area contributed by atoms with E-state index in [1.165, 1.54) is 13.1 Å². The van der Waals surface area contributed by atoms with Crippen LogP contribution in [-0.2, 0) is 4.79 Å². The summed E-state index contributed by atoms with van der Waals surface area (Å²) in [5.74, 6) is -0.473. The molecule has 186 valence electrons. The molecule has 4 aromatic rings. The van der Waals surface area contributed by atoms with Crippen LogP contribution < -0.4 is 10.0 Å². The van der Waals surface area contributed by atoms with Crippen LogP contribution in [0.2, 0.25) is 5.02 Å². The topological polar surface area (TPSA) is 98.9 Å². The molecule has 1 fully saturated rings. The zero-order valence-corrected chi connectivity index (χ0v) is 21.0. The molecule has 2 aromatic heterocycles. The summed E-state index contributed by atoms with van der Waals surface area (Å²) in [7, 11) is 0. The van der Waals surface area contributed by atoms with Gasteiger partial charge in [0.1, 0.15) is 5.92 Å². The monoisotopic (exact) mass is 512 g/mol. The number of halogens is 1. The Hall–Kier alpha value is -4.10. The lowest BCUT2D eigenvalue weighted by Crippen LogP contribution is -2.37. The zero-order valence-electron chi connectivity index (χ0n) is 20.2. The summed E-state index contributed by atoms with van der Waals surface area (Å²) in [6.07, 6.45) is 9.06. The first kappa shape index (κ1) is 24.6. The summed E-state index contributed by atoms with van der Waals surface area (Å²) in [5.41, 5.74) is 4.41. The average Bonchev–Trinajstić information content (AvgIpc) is 3.72. The maximum Gasteiger partial charge on any atom is 0.238 e. The van der Waals surface area contributed by atoms with E-state index in [1.54, 1.807) is 61.1 Å². The summed E-state index contributed by atoms with van der Waals surface area (Å²) in [4.78, 5) is 33.4. The summed E-state index contributed by atoms with van der Waals surface area (Å²) in [6, 6.07) is 15.7. The number of carbonyl (C=O) groups excluding carboxylic acids is 2. The van der Waals surface area contributed by atoms with Gasteiger partial charge in [0, 0.05) is 45.9 Å². The number of hydrogen-bond acceptors (Lipinski definition) is 5. The highest BCUT2D eigenvalue weighted by atomic mass is 35.5. The molecule has 1 saturated carbocycles. The van der Waals surface area contributed by atoms with Gasteiger partial charge in [-0.1, -0.05) is 30.5 Å². The minimum Gasteiger partial charge on any atom is -0.618 e. The molecule has 1 atom stereocenters. The number of Topliss-reactive ketones (excluding diaryl/α,β-unsaturated/α-hetero) is 1. The van der Waals surface area contributed by atoms with E-state index in [4.69, 9.17) is 11.6 Å². The molecule has 0 aliphatic heterocycles. The molecule has 0 saturated heterocycles. The standard InChI is InChI=1S/C29H25ClN4O3/c1-18(35)20-4-8-23(9-5-20)33-29(36)26(14-19-2-3-19)28-11-6-21(17-34(28)37)25-15-22(30)7-10-24(25)27-16-31-12-13-32-27/h4-13,15-17,19,26H,2-3,14H2,1H3,(H,33,36). The van der Waals surface area contributed by atoms with Crippen molar-refractivity contribution in [3.05, 3.63) is 101 Å². The number of rotatable bonds is 8. The van der Waals surface area contributed by atoms with Crippen LogP contribution in [0.1, 0.15) is 48.2 Å². The molecule has 0 spiro atoms. The number of aromatic nitrogens is 3. The Kier molecular flexibility index (Phi) is 6.97. The van der Waals surface area contributed by atoms with E-state index in [2.05, 4.69) is 15.3 Å². The third kappa shape index (κ3) is 5.67. The van der Waals surface area contributed by atoms with E-state index < -0.39 is 5.92 Å². The largest absolute Gasteiger partial charge is 0.618 e. The van der Waals surface area contributed by atoms with E-state index in [0.29, 0.717) is 45.6 Å². The highest BCUT2D eigenvalue weighted by molar-refractivity contribution is 6.31. The van der Waals surface area contributed by atoms with Crippen molar-refractivity contribution in [3.8, 4) is 22.4 Å². The Balaban J connectivity index is 1.45. The third-order valence-electron chi connectivity index (χ3n) is 6.57. The minimum absolute atomic E-state index is 0.0425. The average molecular weight is 513 g/mol. The second-order valence-corrected chi connectivity index (χ2v) is 9.74. The summed E-state index contributed by atoms with van der Waals surface area (Å²) < 4.78 is 0.780. The van der Waals surface area contributed by atoms with Crippen LogP contribution in [0.5, 0.6) is 0 Å². The molecule has 1 unspecified atom stereocenters. The van der Waals surface area contributed by atoms with Crippen LogP contribution >= 0.6 is 11.6 Å². The molecule has 2 aromatic carbocycles. The van der Waals surface area contributed by atoms with Gasteiger partial charge in [-0.25, -0.2) is 0 Å². The lowest BCUT2D eigenvalue weighted by Gasteiger charge is -2.17. The van der Waals surface area contributed by atoms with Crippen LogP contribution in [0.3, 0.4) is 0 Å². The minimum atomic E-state index is -0.606. The molecule has 1 amide bonds. The summed E-state index contributed by atoms with van der Waals surface area (Å²) in [5, 5.41) is 16.8. The molecular weight excluding hydrogens is 488 g/mol. The van der Waals surface area contributed by atoms with Crippen LogP contribution in [0.25, 0.3) is 22.4 Å². The van der Waals surface area contributed by atoms with Crippen LogP contribution in [0.4, 0.5) is 5.69 Å². The second-order valence-electron chi connectivity index (χ2n) is 9.30. The van der Waals surface area contributed by atoms with Gasteiger partial charge in [-0.2, -0.15) is 4.73 Å². The summed E-state index contributed by atoms with van der Waals surface area (Å²) >= 11 is 6.29. The van der Waals surface area contributed by atoms with Gasteiger partial charge >= 0.3 is 0 Å². The first-order chi connectivity index (χ1) is 17.9. The van der Waals surface area contributed by atoms with Crippen molar-refractivity contribution < 1.29 is 14.3 Å². The quantitative estimate of drug-likeness (QED) is 0.182. The molecule has 37 heavy (non-hydrogen) atoms. The van der Waals surface area contributed by atoms with E-state index in [-0.39, 0.29) is 11.7 Å². The number of nitrogens with zero attached hydrogens (tertiary/aromatic N) is 3. The number of pyridine rings is 1. The van der Waals surface area contributed by atoms with E-state index in [9.17, 15) is 14.8 Å². The summed E-state index contributed by atoms with van der Waals surface area (Å²) in [6.45, 7) is 1.50. The van der Waals surface area contributed by atoms with Crippen LogP contribution in [0, 0.1) is 11.1 Å². The Morgan fingerprint density at radius 2 is 1.86 bits per heavy atom. The first-order valence-corrected chi connectivity index (χ1v) is 12.5. The maximum atomic E-state index is 13.3. The number of hydrogen-bond donors (Lipinski definition) is 1. The maximum absolute atomic E-state index is 13.3. The third-order valence-corrected chi connectivity index (χ3v) is 6.81. The molecule has 1 N–H and O–H groups in total. The Morgan fingerprint density at radius 1 is 1.08 bits per heavy atom. The predicted molar refractivity (Wildman–Crippen MR) is 142 cm³/mol. The Bertz CT molecular complexity index is 1450. The van der Waals surface area contributed by atoms with Gasteiger partial charge in [0.05, 0.1) is 11.9 Å². The van der Waals surface area contributed by atoms with Gasteiger partial charge in [-0.15, -0.1) is 0 Å². The van der Waals surface area contributed by atoms with Crippen molar-refractivity contribution in [1.82, 2.24) is 9.97 Å². The molecule has 5 rings (SSSR count). The van der Waals surface area contributed by atoms with Crippen LogP contribution in [-0.4, -0.2) is 21.7 Å². The lowest BCUT2D eigenvalue weighted by atomic mass is 9.94. The molecule has 0 bridgehead atoms. The van der Waals surface area contributed by atoms with E-state index in [0.717, 1.165) is 28.7 Å². The highest BCUT2D eigenvalue weighted by Crippen LogP contribution is 2.39. The fourth-order valence-corrected chi connectivity index (χ4v) is 4.58. The fourth-order valence-electron chi connectivity index (χ4n) is 4.41.